The quantitative estimate of drug-likeness (QED) is 0.424. The van der Waals surface area contributed by atoms with Gasteiger partial charge in [-0.2, -0.15) is 5.26 Å². The summed E-state index contributed by atoms with van der Waals surface area (Å²) in [5.74, 6) is -0.121. The van der Waals surface area contributed by atoms with Crippen molar-refractivity contribution < 1.29 is 14.4 Å². The van der Waals surface area contributed by atoms with Gasteiger partial charge in [0.25, 0.3) is 5.91 Å². The minimum atomic E-state index is -0.356. The van der Waals surface area contributed by atoms with E-state index in [2.05, 4.69) is 27.0 Å². The maximum atomic E-state index is 12.5. The zero-order valence-electron chi connectivity index (χ0n) is 16.6. The predicted molar refractivity (Wildman–Crippen MR) is 120 cm³/mol. The topological polar surface area (TPSA) is 128 Å². The summed E-state index contributed by atoms with van der Waals surface area (Å²) in [7, 11) is 0. The molecule has 0 aliphatic carbocycles. The fourth-order valence-electron chi connectivity index (χ4n) is 2.85. The van der Waals surface area contributed by atoms with Crippen LogP contribution in [0, 0.1) is 11.3 Å². The number of nitrogens with one attached hydrogen (secondary N) is 2. The molecule has 0 radical (unpaired) electrons. The molecule has 1 aliphatic rings. The minimum Gasteiger partial charge on any atom is -0.296 e. The van der Waals surface area contributed by atoms with Crippen LogP contribution in [0.5, 0.6) is 0 Å². The Morgan fingerprint density at radius 1 is 1.12 bits per heavy atom. The summed E-state index contributed by atoms with van der Waals surface area (Å²) in [6.07, 6.45) is 0.321. The zero-order valence-corrected chi connectivity index (χ0v) is 18.2. The van der Waals surface area contributed by atoms with E-state index in [0.717, 1.165) is 5.56 Å². The Kier molecular flexibility index (Phi) is 6.44. The predicted octanol–water partition coefficient (Wildman–Crippen LogP) is 3.11. The Hall–Kier alpha value is -3.75. The average molecular weight is 465 g/mol. The molecule has 32 heavy (non-hydrogen) atoms. The Bertz CT molecular complexity index is 1200. The van der Waals surface area contributed by atoms with E-state index in [1.165, 1.54) is 28.1 Å². The number of hydrazine groups is 1. The molecule has 0 atom stereocenters. The number of benzene rings is 2. The molecular formula is C21H16N6O3S2. The molecule has 0 saturated carbocycles. The largest absolute Gasteiger partial charge is 0.296 e. The minimum absolute atomic E-state index is 0.149. The summed E-state index contributed by atoms with van der Waals surface area (Å²) >= 11 is 2.75. The summed E-state index contributed by atoms with van der Waals surface area (Å²) < 4.78 is 0.708. The normalized spacial score (nSPS) is 13.4. The molecule has 0 spiro atoms. The molecule has 9 nitrogen and oxygen atoms in total. The number of hydrogen-bond donors (Lipinski definition) is 2. The van der Waals surface area contributed by atoms with Gasteiger partial charge in [0.2, 0.25) is 16.9 Å². The van der Waals surface area contributed by atoms with Crippen LogP contribution in [-0.2, 0) is 15.3 Å². The van der Waals surface area contributed by atoms with Crippen LogP contribution >= 0.6 is 23.1 Å². The lowest BCUT2D eigenvalue weighted by Gasteiger charge is -2.27. The third-order valence-electron chi connectivity index (χ3n) is 4.51. The molecule has 1 fully saturated rings. The van der Waals surface area contributed by atoms with Gasteiger partial charge in [-0.3, -0.25) is 25.1 Å². The van der Waals surface area contributed by atoms with Crippen molar-refractivity contribution >= 4 is 51.6 Å². The standard InChI is InChI=1S/C21H16N6O3S2/c22-11-13-1-3-14(4-2-13)12-31-21-25-24-20(32-21)23-19(30)15-5-7-16(8-6-15)27-18(29)10-9-17(28)26-27/h1-8H,9-10,12H2,(H,26,28)(H,23,24,30). The van der Waals surface area contributed by atoms with Gasteiger partial charge in [0.05, 0.1) is 17.3 Å². The average Bonchev–Trinajstić information content (AvgIpc) is 3.27. The third-order valence-corrected chi connectivity index (χ3v) is 6.55. The van der Waals surface area contributed by atoms with Gasteiger partial charge in [-0.1, -0.05) is 35.2 Å². The number of hydrogen-bond acceptors (Lipinski definition) is 8. The molecule has 1 saturated heterocycles. The van der Waals surface area contributed by atoms with Gasteiger partial charge >= 0.3 is 0 Å². The second-order valence-corrected chi connectivity index (χ2v) is 8.94. The van der Waals surface area contributed by atoms with E-state index in [4.69, 9.17) is 5.26 Å². The number of thioether (sulfide) groups is 1. The van der Waals surface area contributed by atoms with Gasteiger partial charge in [0, 0.05) is 24.2 Å². The number of aromatic nitrogens is 2. The summed E-state index contributed by atoms with van der Waals surface area (Å²) in [6, 6.07) is 15.7. The maximum Gasteiger partial charge on any atom is 0.257 e. The third kappa shape index (κ3) is 5.11. The van der Waals surface area contributed by atoms with Crippen LogP contribution in [0.2, 0.25) is 0 Å². The van der Waals surface area contributed by atoms with E-state index < -0.39 is 0 Å². The molecule has 2 heterocycles. The van der Waals surface area contributed by atoms with Crippen molar-refractivity contribution in [3.8, 4) is 6.07 Å². The van der Waals surface area contributed by atoms with E-state index >= 15 is 0 Å². The lowest BCUT2D eigenvalue weighted by atomic mass is 10.1. The summed E-state index contributed by atoms with van der Waals surface area (Å²) in [5, 5.41) is 21.2. The Morgan fingerprint density at radius 3 is 2.59 bits per heavy atom. The smallest absolute Gasteiger partial charge is 0.257 e. The van der Waals surface area contributed by atoms with E-state index in [1.54, 1.807) is 36.4 Å². The van der Waals surface area contributed by atoms with Gasteiger partial charge in [-0.25, -0.2) is 5.01 Å². The number of carbonyl (C=O) groups excluding carboxylic acids is 3. The molecule has 1 aliphatic heterocycles. The first-order chi connectivity index (χ1) is 15.5. The van der Waals surface area contributed by atoms with Gasteiger partial charge in [-0.05, 0) is 42.0 Å². The molecule has 4 rings (SSSR count). The highest BCUT2D eigenvalue weighted by atomic mass is 32.2. The van der Waals surface area contributed by atoms with Crippen LogP contribution < -0.4 is 15.8 Å². The van der Waals surface area contributed by atoms with Crippen LogP contribution in [-0.4, -0.2) is 27.9 Å². The monoisotopic (exact) mass is 464 g/mol. The van der Waals surface area contributed by atoms with Crippen LogP contribution in [0.15, 0.2) is 52.9 Å². The fraction of sp³-hybridized carbons (Fsp3) is 0.143. The molecule has 160 valence electrons. The van der Waals surface area contributed by atoms with Crippen molar-refractivity contribution in [2.75, 3.05) is 10.3 Å². The van der Waals surface area contributed by atoms with Crippen LogP contribution in [0.4, 0.5) is 10.8 Å². The first kappa shape index (κ1) is 21.5. The Labute approximate surface area is 191 Å². The van der Waals surface area contributed by atoms with Gasteiger partial charge in [0.15, 0.2) is 4.34 Å². The molecule has 0 unspecified atom stereocenters. The summed E-state index contributed by atoms with van der Waals surface area (Å²) in [4.78, 5) is 36.0. The second-order valence-electron chi connectivity index (χ2n) is 6.74. The van der Waals surface area contributed by atoms with E-state index in [9.17, 15) is 14.4 Å². The van der Waals surface area contributed by atoms with Crippen molar-refractivity contribution in [3.63, 3.8) is 0 Å². The van der Waals surface area contributed by atoms with Gasteiger partial charge in [0.1, 0.15) is 0 Å². The highest BCUT2D eigenvalue weighted by molar-refractivity contribution is 8.00. The number of rotatable bonds is 6. The first-order valence-electron chi connectivity index (χ1n) is 9.51. The second kappa shape index (κ2) is 9.59. The number of nitrogens with zero attached hydrogens (tertiary/aromatic N) is 4. The molecule has 1 aromatic heterocycles. The number of nitriles is 1. The fourth-order valence-corrected chi connectivity index (χ4v) is 4.56. The van der Waals surface area contributed by atoms with Crippen molar-refractivity contribution in [1.29, 1.82) is 5.26 Å². The molecule has 3 aromatic rings. The van der Waals surface area contributed by atoms with Crippen LogP contribution in [0.25, 0.3) is 0 Å². The Balaban J connectivity index is 1.34. The van der Waals surface area contributed by atoms with E-state index in [0.29, 0.717) is 32.0 Å². The van der Waals surface area contributed by atoms with Gasteiger partial charge in [-0.15, -0.1) is 10.2 Å². The maximum absolute atomic E-state index is 12.5. The molecule has 2 aromatic carbocycles. The molecule has 2 N–H and O–H groups in total. The van der Waals surface area contributed by atoms with Crippen molar-refractivity contribution in [2.45, 2.75) is 22.9 Å². The number of anilines is 2. The van der Waals surface area contributed by atoms with Crippen LogP contribution in [0.3, 0.4) is 0 Å². The lowest BCUT2D eigenvalue weighted by Crippen LogP contribution is -2.50. The highest BCUT2D eigenvalue weighted by Crippen LogP contribution is 2.28. The summed E-state index contributed by atoms with van der Waals surface area (Å²) in [6.45, 7) is 0. The van der Waals surface area contributed by atoms with E-state index in [-0.39, 0.29) is 30.6 Å². The van der Waals surface area contributed by atoms with Crippen LogP contribution in [0.1, 0.15) is 34.3 Å². The Morgan fingerprint density at radius 2 is 1.88 bits per heavy atom. The van der Waals surface area contributed by atoms with Gasteiger partial charge < -0.3 is 0 Å². The molecular weight excluding hydrogens is 448 g/mol. The summed E-state index contributed by atoms with van der Waals surface area (Å²) in [5.41, 5.74) is 5.04. The molecule has 11 heteroatoms. The van der Waals surface area contributed by atoms with Crippen molar-refractivity contribution in [2.24, 2.45) is 0 Å². The number of amides is 3. The van der Waals surface area contributed by atoms with E-state index in [1.807, 2.05) is 12.1 Å². The highest BCUT2D eigenvalue weighted by Gasteiger charge is 2.24. The lowest BCUT2D eigenvalue weighted by molar-refractivity contribution is -0.130. The molecule has 0 bridgehead atoms. The van der Waals surface area contributed by atoms with Crippen molar-refractivity contribution in [1.82, 2.24) is 15.6 Å². The SMILES string of the molecule is N#Cc1ccc(CSc2nnc(NC(=O)c3ccc(N4NC(=O)CCC4=O)cc3)s2)cc1. The number of carbonyl (C=O) groups is 3. The van der Waals surface area contributed by atoms with Crippen molar-refractivity contribution in [3.05, 3.63) is 65.2 Å². The molecule has 3 amide bonds. The first-order valence-corrected chi connectivity index (χ1v) is 11.3. The zero-order chi connectivity index (χ0) is 22.5.